The van der Waals surface area contributed by atoms with Crippen molar-refractivity contribution in [3.63, 3.8) is 0 Å². The van der Waals surface area contributed by atoms with E-state index in [1.165, 1.54) is 12.1 Å². The van der Waals surface area contributed by atoms with E-state index in [4.69, 9.17) is 9.47 Å². The summed E-state index contributed by atoms with van der Waals surface area (Å²) in [5, 5.41) is 3.18. The van der Waals surface area contributed by atoms with Gasteiger partial charge in [-0.05, 0) is 42.4 Å². The van der Waals surface area contributed by atoms with Crippen molar-refractivity contribution >= 4 is 0 Å². The molecule has 0 spiro atoms. The number of halogens is 1. The molecule has 0 aromatic heterocycles. The van der Waals surface area contributed by atoms with Crippen LogP contribution in [0.3, 0.4) is 0 Å². The summed E-state index contributed by atoms with van der Waals surface area (Å²) >= 11 is 0. The minimum Gasteiger partial charge on any atom is -0.457 e. The number of methoxy groups -OCH3 is 1. The number of rotatable bonds is 7. The van der Waals surface area contributed by atoms with Crippen molar-refractivity contribution < 1.29 is 13.9 Å². The lowest BCUT2D eigenvalue weighted by Gasteiger charge is -2.12. The van der Waals surface area contributed by atoms with Crippen molar-refractivity contribution in [3.8, 4) is 11.5 Å². The summed E-state index contributed by atoms with van der Waals surface area (Å²) in [6, 6.07) is 12.2. The third-order valence-corrected chi connectivity index (χ3v) is 3.03. The fourth-order valence-electron chi connectivity index (χ4n) is 2.04. The highest BCUT2D eigenvalue weighted by molar-refractivity contribution is 5.39. The van der Waals surface area contributed by atoms with E-state index in [9.17, 15) is 4.39 Å². The molecule has 2 aromatic carbocycles. The number of benzene rings is 2. The molecule has 0 fully saturated rings. The Labute approximate surface area is 124 Å². The molecule has 0 radical (unpaired) electrons. The monoisotopic (exact) mass is 289 g/mol. The third kappa shape index (κ3) is 4.55. The first-order valence-electron chi connectivity index (χ1n) is 6.97. The molecule has 0 heterocycles. The van der Waals surface area contributed by atoms with E-state index >= 15 is 0 Å². The Hall–Kier alpha value is -1.91. The maximum absolute atomic E-state index is 13.4. The Kier molecular flexibility index (Phi) is 5.72. The molecular weight excluding hydrogens is 269 g/mol. The summed E-state index contributed by atoms with van der Waals surface area (Å²) in [6.45, 7) is 3.93. The normalized spacial score (nSPS) is 10.6. The zero-order valence-corrected chi connectivity index (χ0v) is 12.4. The summed E-state index contributed by atoms with van der Waals surface area (Å²) in [5.74, 6) is 1.12. The maximum atomic E-state index is 13.4. The predicted octanol–water partition coefficient (Wildman–Crippen LogP) is 3.87. The van der Waals surface area contributed by atoms with Crippen molar-refractivity contribution in [2.24, 2.45) is 0 Å². The van der Waals surface area contributed by atoms with Crippen LogP contribution in [0.2, 0.25) is 0 Å². The highest BCUT2D eigenvalue weighted by Crippen LogP contribution is 2.27. The molecule has 2 aromatic rings. The van der Waals surface area contributed by atoms with Gasteiger partial charge >= 0.3 is 0 Å². The van der Waals surface area contributed by atoms with Crippen LogP contribution in [0.15, 0.2) is 42.5 Å². The van der Waals surface area contributed by atoms with Gasteiger partial charge in [-0.3, -0.25) is 0 Å². The molecule has 3 nitrogen and oxygen atoms in total. The lowest BCUT2D eigenvalue weighted by Crippen LogP contribution is -2.12. The number of ether oxygens (including phenoxy) is 2. The highest BCUT2D eigenvalue weighted by Gasteiger charge is 2.07. The summed E-state index contributed by atoms with van der Waals surface area (Å²) in [4.78, 5) is 0. The topological polar surface area (TPSA) is 30.5 Å². The molecule has 0 saturated carbocycles. The first-order valence-corrected chi connectivity index (χ1v) is 6.97. The van der Waals surface area contributed by atoms with Crippen LogP contribution >= 0.6 is 0 Å². The molecule has 0 aliphatic rings. The van der Waals surface area contributed by atoms with E-state index in [-0.39, 0.29) is 5.82 Å². The fourth-order valence-corrected chi connectivity index (χ4v) is 2.04. The van der Waals surface area contributed by atoms with Gasteiger partial charge in [-0.2, -0.15) is 0 Å². The van der Waals surface area contributed by atoms with Crippen LogP contribution in [0, 0.1) is 5.82 Å². The van der Waals surface area contributed by atoms with E-state index in [0.717, 1.165) is 17.7 Å². The number of hydrogen-bond acceptors (Lipinski definition) is 3. The van der Waals surface area contributed by atoms with Gasteiger partial charge in [-0.15, -0.1) is 0 Å². The van der Waals surface area contributed by atoms with E-state index in [1.54, 1.807) is 13.2 Å². The number of hydrogen-bond donors (Lipinski definition) is 1. The van der Waals surface area contributed by atoms with Crippen LogP contribution in [0.5, 0.6) is 11.5 Å². The number of nitrogens with one attached hydrogen (secondary N) is 1. The van der Waals surface area contributed by atoms with Gasteiger partial charge in [0.1, 0.15) is 17.3 Å². The second-order valence-electron chi connectivity index (χ2n) is 4.71. The predicted molar refractivity (Wildman–Crippen MR) is 81.0 cm³/mol. The van der Waals surface area contributed by atoms with Gasteiger partial charge in [0.15, 0.2) is 0 Å². The minimum absolute atomic E-state index is 0.261. The summed E-state index contributed by atoms with van der Waals surface area (Å²) < 4.78 is 24.4. The average Bonchev–Trinajstić information content (AvgIpc) is 2.48. The molecule has 0 aliphatic carbocycles. The Morgan fingerprint density at radius 3 is 2.76 bits per heavy atom. The molecule has 112 valence electrons. The lowest BCUT2D eigenvalue weighted by atomic mass is 10.2. The van der Waals surface area contributed by atoms with Gasteiger partial charge < -0.3 is 14.8 Å². The highest BCUT2D eigenvalue weighted by atomic mass is 19.1. The Morgan fingerprint density at radius 2 is 2.00 bits per heavy atom. The molecule has 0 saturated heterocycles. The molecule has 0 amide bonds. The molecule has 0 bridgehead atoms. The van der Waals surface area contributed by atoms with Gasteiger partial charge in [0.05, 0.1) is 6.61 Å². The second-order valence-corrected chi connectivity index (χ2v) is 4.71. The fraction of sp³-hybridized carbons (Fsp3) is 0.294. The third-order valence-electron chi connectivity index (χ3n) is 3.03. The first kappa shape index (κ1) is 15.5. The van der Waals surface area contributed by atoms with Gasteiger partial charge in [0.25, 0.3) is 0 Å². The molecule has 0 unspecified atom stereocenters. The quantitative estimate of drug-likeness (QED) is 0.839. The van der Waals surface area contributed by atoms with Gasteiger partial charge in [-0.1, -0.05) is 19.1 Å². The van der Waals surface area contributed by atoms with Crippen LogP contribution in [-0.2, 0) is 17.9 Å². The van der Waals surface area contributed by atoms with E-state index in [0.29, 0.717) is 24.7 Å². The summed E-state index contributed by atoms with van der Waals surface area (Å²) in [6.07, 6.45) is 0. The molecule has 0 atom stereocenters. The van der Waals surface area contributed by atoms with Crippen molar-refractivity contribution in [2.75, 3.05) is 13.7 Å². The van der Waals surface area contributed by atoms with E-state index in [2.05, 4.69) is 5.32 Å². The van der Waals surface area contributed by atoms with Crippen LogP contribution in [0.25, 0.3) is 0 Å². The Morgan fingerprint density at radius 1 is 1.14 bits per heavy atom. The lowest BCUT2D eigenvalue weighted by molar-refractivity contribution is 0.184. The smallest absolute Gasteiger partial charge is 0.132 e. The van der Waals surface area contributed by atoms with Gasteiger partial charge in [0.2, 0.25) is 0 Å². The molecule has 1 N–H and O–H groups in total. The van der Waals surface area contributed by atoms with E-state index in [1.807, 2.05) is 31.2 Å². The largest absolute Gasteiger partial charge is 0.457 e. The van der Waals surface area contributed by atoms with Crippen LogP contribution in [0.4, 0.5) is 4.39 Å². The molecule has 0 aliphatic heterocycles. The molecule has 2 rings (SSSR count). The maximum Gasteiger partial charge on any atom is 0.132 e. The van der Waals surface area contributed by atoms with Crippen LogP contribution in [0.1, 0.15) is 18.1 Å². The zero-order chi connectivity index (χ0) is 15.1. The minimum atomic E-state index is -0.261. The van der Waals surface area contributed by atoms with Crippen LogP contribution < -0.4 is 10.1 Å². The summed E-state index contributed by atoms with van der Waals surface area (Å²) in [5.41, 5.74) is 1.83. The zero-order valence-electron chi connectivity index (χ0n) is 12.4. The Balaban J connectivity index is 2.20. The Bertz CT molecular complexity index is 587. The SMILES string of the molecule is CCNCc1cc(F)ccc1Oc1cccc(COC)c1. The average molecular weight is 289 g/mol. The van der Waals surface area contributed by atoms with Gasteiger partial charge in [-0.25, -0.2) is 4.39 Å². The molecular formula is C17H20FNO2. The van der Waals surface area contributed by atoms with Gasteiger partial charge in [0, 0.05) is 19.2 Å². The van der Waals surface area contributed by atoms with Crippen molar-refractivity contribution in [1.29, 1.82) is 0 Å². The van der Waals surface area contributed by atoms with Crippen molar-refractivity contribution in [3.05, 3.63) is 59.4 Å². The molecule has 21 heavy (non-hydrogen) atoms. The second kappa shape index (κ2) is 7.76. The van der Waals surface area contributed by atoms with Crippen LogP contribution in [-0.4, -0.2) is 13.7 Å². The van der Waals surface area contributed by atoms with Crippen molar-refractivity contribution in [1.82, 2.24) is 5.32 Å². The van der Waals surface area contributed by atoms with E-state index < -0.39 is 0 Å². The van der Waals surface area contributed by atoms with Crippen molar-refractivity contribution in [2.45, 2.75) is 20.1 Å². The first-order chi connectivity index (χ1) is 10.2. The summed E-state index contributed by atoms with van der Waals surface area (Å²) in [7, 11) is 1.65. The standard InChI is InChI=1S/C17H20FNO2/c1-3-19-11-14-10-15(18)7-8-17(14)21-16-6-4-5-13(9-16)12-20-2/h4-10,19H,3,11-12H2,1-2H3. The molecule has 4 heteroatoms.